The third-order valence-electron chi connectivity index (χ3n) is 6.81. The summed E-state index contributed by atoms with van der Waals surface area (Å²) in [5, 5.41) is 9.10. The second kappa shape index (κ2) is 13.9. The maximum absolute atomic E-state index is 14.1. The number of fused-ring (bicyclic) bond motifs is 1. The van der Waals surface area contributed by atoms with Crippen molar-refractivity contribution < 1.29 is 19.0 Å². The second-order valence-electron chi connectivity index (χ2n) is 9.71. The molecule has 0 aliphatic carbocycles. The highest BCUT2D eigenvalue weighted by Crippen LogP contribution is 2.33. The number of aromatic nitrogens is 1. The summed E-state index contributed by atoms with van der Waals surface area (Å²) in [4.78, 5) is 32.5. The zero-order valence-electron chi connectivity index (χ0n) is 24.1. The van der Waals surface area contributed by atoms with Gasteiger partial charge in [0, 0.05) is 10.0 Å². The maximum atomic E-state index is 14.1. The molecular weight excluding hydrogens is 757 g/mol. The number of halogens is 2. The Kier molecular flexibility index (Phi) is 10.0. The molecule has 5 rings (SSSR count). The summed E-state index contributed by atoms with van der Waals surface area (Å²) in [5.74, 6) is 0.803. The minimum atomic E-state index is -0.724. The SMILES string of the molecule is CCOC(=O)C1=C(C)N=c2s/c(=C\c3cc(Br)cc(I)c3OCc3ccc(C#N)cc3)c(=O)n2[C@H]1c1ccc(OCC)cc1. The minimum Gasteiger partial charge on any atom is -0.494 e. The van der Waals surface area contributed by atoms with E-state index in [-0.39, 0.29) is 18.8 Å². The summed E-state index contributed by atoms with van der Waals surface area (Å²) in [6.45, 7) is 6.42. The molecule has 0 spiro atoms. The summed E-state index contributed by atoms with van der Waals surface area (Å²) >= 11 is 7.03. The van der Waals surface area contributed by atoms with Gasteiger partial charge in [0.2, 0.25) is 0 Å². The van der Waals surface area contributed by atoms with Crippen LogP contribution >= 0.6 is 49.9 Å². The number of esters is 1. The van der Waals surface area contributed by atoms with Gasteiger partial charge < -0.3 is 14.2 Å². The van der Waals surface area contributed by atoms with Crippen molar-refractivity contribution in [3.05, 3.63) is 122 Å². The van der Waals surface area contributed by atoms with Gasteiger partial charge in [0.05, 0.1) is 50.3 Å². The van der Waals surface area contributed by atoms with E-state index in [9.17, 15) is 9.59 Å². The lowest BCUT2D eigenvalue weighted by Gasteiger charge is -2.24. The molecule has 0 unspecified atom stereocenters. The predicted molar refractivity (Wildman–Crippen MR) is 180 cm³/mol. The van der Waals surface area contributed by atoms with Crippen LogP contribution in [0.15, 0.2) is 86.2 Å². The Bertz CT molecular complexity index is 1980. The minimum absolute atomic E-state index is 0.197. The van der Waals surface area contributed by atoms with Crippen LogP contribution in [0.2, 0.25) is 0 Å². The molecule has 0 saturated carbocycles. The molecule has 4 aromatic rings. The number of nitrogens with zero attached hydrogens (tertiary/aromatic N) is 3. The lowest BCUT2D eigenvalue weighted by Crippen LogP contribution is -2.39. The average molecular weight is 784 g/mol. The van der Waals surface area contributed by atoms with E-state index in [1.54, 1.807) is 36.6 Å². The van der Waals surface area contributed by atoms with E-state index < -0.39 is 12.0 Å². The lowest BCUT2D eigenvalue weighted by atomic mass is 9.96. The van der Waals surface area contributed by atoms with Crippen LogP contribution in [-0.4, -0.2) is 23.8 Å². The molecule has 2 heterocycles. The van der Waals surface area contributed by atoms with Gasteiger partial charge in [0.25, 0.3) is 5.56 Å². The van der Waals surface area contributed by atoms with E-state index in [2.05, 4.69) is 49.6 Å². The number of nitriles is 1. The van der Waals surface area contributed by atoms with Gasteiger partial charge in [-0.25, -0.2) is 9.79 Å². The summed E-state index contributed by atoms with van der Waals surface area (Å²) in [6, 6.07) is 19.8. The van der Waals surface area contributed by atoms with E-state index in [1.165, 1.54) is 11.3 Å². The van der Waals surface area contributed by atoms with E-state index in [0.717, 1.165) is 19.2 Å². The molecule has 3 aromatic carbocycles. The molecule has 1 aliphatic heterocycles. The quantitative estimate of drug-likeness (QED) is 0.152. The third kappa shape index (κ3) is 6.67. The first kappa shape index (κ1) is 31.7. The normalized spacial score (nSPS) is 14.5. The summed E-state index contributed by atoms with van der Waals surface area (Å²) in [6.07, 6.45) is 1.80. The van der Waals surface area contributed by atoms with Crippen molar-refractivity contribution in [2.24, 2.45) is 4.99 Å². The number of rotatable bonds is 9. The Morgan fingerprint density at radius 2 is 1.84 bits per heavy atom. The van der Waals surface area contributed by atoms with Crippen molar-refractivity contribution in [2.45, 2.75) is 33.4 Å². The number of carbonyl (C=O) groups is 1. The van der Waals surface area contributed by atoms with Gasteiger partial charge in [-0.2, -0.15) is 5.26 Å². The number of benzene rings is 3. The molecule has 0 fully saturated rings. The van der Waals surface area contributed by atoms with E-state index >= 15 is 0 Å². The molecule has 1 atom stereocenters. The third-order valence-corrected chi connectivity index (χ3v) is 9.06. The van der Waals surface area contributed by atoms with E-state index in [1.807, 2.05) is 55.5 Å². The Balaban J connectivity index is 1.61. The zero-order valence-corrected chi connectivity index (χ0v) is 28.7. The molecule has 0 bridgehead atoms. The first-order chi connectivity index (χ1) is 21.2. The molecule has 224 valence electrons. The van der Waals surface area contributed by atoms with Crippen molar-refractivity contribution in [2.75, 3.05) is 13.2 Å². The van der Waals surface area contributed by atoms with Crippen LogP contribution in [0.1, 0.15) is 49.1 Å². The average Bonchev–Trinajstić information content (AvgIpc) is 3.30. The molecule has 0 radical (unpaired) electrons. The molecule has 0 amide bonds. The highest BCUT2D eigenvalue weighted by atomic mass is 127. The lowest BCUT2D eigenvalue weighted by molar-refractivity contribution is -0.139. The van der Waals surface area contributed by atoms with Crippen molar-refractivity contribution in [3.63, 3.8) is 0 Å². The van der Waals surface area contributed by atoms with Crippen LogP contribution in [0.4, 0.5) is 0 Å². The first-order valence-corrected chi connectivity index (χ1v) is 16.5. The predicted octanol–water partition coefficient (Wildman–Crippen LogP) is 6.01. The molecular formula is C33H27BrIN3O5S. The van der Waals surface area contributed by atoms with Crippen LogP contribution in [0.25, 0.3) is 6.08 Å². The van der Waals surface area contributed by atoms with Gasteiger partial charge in [-0.3, -0.25) is 9.36 Å². The van der Waals surface area contributed by atoms with Gasteiger partial charge in [-0.05, 0) is 97.0 Å². The van der Waals surface area contributed by atoms with Gasteiger partial charge in [-0.1, -0.05) is 51.5 Å². The largest absolute Gasteiger partial charge is 0.494 e. The summed E-state index contributed by atoms with van der Waals surface area (Å²) < 4.78 is 21.0. The smallest absolute Gasteiger partial charge is 0.338 e. The van der Waals surface area contributed by atoms with E-state index in [4.69, 9.17) is 19.5 Å². The van der Waals surface area contributed by atoms with Gasteiger partial charge in [0.15, 0.2) is 4.80 Å². The van der Waals surface area contributed by atoms with Gasteiger partial charge >= 0.3 is 5.97 Å². The van der Waals surface area contributed by atoms with Crippen molar-refractivity contribution >= 4 is 61.9 Å². The zero-order chi connectivity index (χ0) is 31.4. The van der Waals surface area contributed by atoms with Crippen LogP contribution in [0, 0.1) is 14.9 Å². The van der Waals surface area contributed by atoms with Gasteiger partial charge in [0.1, 0.15) is 18.1 Å². The Morgan fingerprint density at radius 1 is 1.11 bits per heavy atom. The standard InChI is InChI=1S/C33H27BrIN3O5S/c1-4-41-25-12-10-22(11-13-25)29-28(32(40)42-5-2)19(3)37-33-38(29)31(39)27(44-33)15-23-14-24(34)16-26(35)30(23)43-18-21-8-6-20(17-36)7-9-21/h6-16,29H,4-5,18H2,1-3H3/b27-15-/t29-/m0/s1. The number of allylic oxidation sites excluding steroid dienone is 1. The van der Waals surface area contributed by atoms with Crippen LogP contribution in [-0.2, 0) is 16.1 Å². The Hall–Kier alpha value is -3.73. The highest BCUT2D eigenvalue weighted by molar-refractivity contribution is 14.1. The molecule has 44 heavy (non-hydrogen) atoms. The summed E-state index contributed by atoms with van der Waals surface area (Å²) in [5.41, 5.74) is 3.47. The number of hydrogen-bond donors (Lipinski definition) is 0. The number of hydrogen-bond acceptors (Lipinski definition) is 8. The second-order valence-corrected chi connectivity index (χ2v) is 12.8. The monoisotopic (exact) mass is 783 g/mol. The first-order valence-electron chi connectivity index (χ1n) is 13.8. The van der Waals surface area contributed by atoms with E-state index in [0.29, 0.717) is 49.8 Å². The topological polar surface area (TPSA) is 103 Å². The van der Waals surface area contributed by atoms with Crippen LogP contribution in [0.5, 0.6) is 11.5 Å². The number of carbonyl (C=O) groups excluding carboxylic acids is 1. The molecule has 8 nitrogen and oxygen atoms in total. The Morgan fingerprint density at radius 3 is 2.50 bits per heavy atom. The van der Waals surface area contributed by atoms with Crippen LogP contribution in [0.3, 0.4) is 0 Å². The van der Waals surface area contributed by atoms with Crippen molar-refractivity contribution in [1.29, 1.82) is 5.26 Å². The molecule has 0 N–H and O–H groups in total. The molecule has 0 saturated heterocycles. The van der Waals surface area contributed by atoms with Crippen molar-refractivity contribution in [3.8, 4) is 17.6 Å². The number of thiazole rings is 1. The fourth-order valence-corrected chi connectivity index (χ4v) is 7.58. The van der Waals surface area contributed by atoms with Crippen molar-refractivity contribution in [1.82, 2.24) is 4.57 Å². The highest BCUT2D eigenvalue weighted by Gasteiger charge is 2.33. The molecule has 1 aliphatic rings. The Labute approximate surface area is 280 Å². The fourth-order valence-electron chi connectivity index (χ4n) is 4.83. The van der Waals surface area contributed by atoms with Crippen LogP contribution < -0.4 is 24.4 Å². The number of ether oxygens (including phenoxy) is 3. The molecule has 1 aromatic heterocycles. The fraction of sp³-hybridized carbons (Fsp3) is 0.212. The maximum Gasteiger partial charge on any atom is 0.338 e. The molecule has 11 heteroatoms. The van der Waals surface area contributed by atoms with Gasteiger partial charge in [-0.15, -0.1) is 0 Å². The summed E-state index contributed by atoms with van der Waals surface area (Å²) in [7, 11) is 0.